The van der Waals surface area contributed by atoms with Crippen molar-refractivity contribution < 1.29 is 13.5 Å². The van der Waals surface area contributed by atoms with E-state index in [0.29, 0.717) is 23.9 Å². The molecule has 0 heterocycles. The molecule has 0 aliphatic carbocycles. The molecule has 30 heavy (non-hydrogen) atoms. The first-order chi connectivity index (χ1) is 14.5. The number of nitrogens with zero attached hydrogens (tertiary/aromatic N) is 1. The third-order valence-corrected chi connectivity index (χ3v) is 5.15. The van der Waals surface area contributed by atoms with Crippen LogP contribution in [-0.4, -0.2) is 14.7 Å². The quantitative estimate of drug-likeness (QED) is 0.290. The van der Waals surface area contributed by atoms with Crippen LogP contribution in [0.15, 0.2) is 76.6 Å². The predicted molar refractivity (Wildman–Crippen MR) is 118 cm³/mol. The Hall–Kier alpha value is -2.91. The first-order valence-corrected chi connectivity index (χ1v) is 10.4. The molecule has 3 aromatic carbocycles. The fourth-order valence-electron chi connectivity index (χ4n) is 2.70. The molecule has 0 saturated heterocycles. The van der Waals surface area contributed by atoms with Crippen LogP contribution in [0.25, 0.3) is 0 Å². The fraction of sp³-hybridized carbons (Fsp3) is 0.0952. The van der Waals surface area contributed by atoms with E-state index in [1.165, 1.54) is 6.07 Å². The van der Waals surface area contributed by atoms with Crippen molar-refractivity contribution in [3.63, 3.8) is 0 Å². The zero-order valence-electron chi connectivity index (χ0n) is 15.9. The average molecular weight is 444 g/mol. The summed E-state index contributed by atoms with van der Waals surface area (Å²) in [5.41, 5.74) is 13.8. The van der Waals surface area contributed by atoms with Gasteiger partial charge in [0, 0.05) is 6.54 Å². The van der Waals surface area contributed by atoms with Crippen LogP contribution in [0.1, 0.15) is 11.1 Å². The number of hydrogen-bond acceptors (Lipinski definition) is 5. The molecule has 0 fully saturated rings. The van der Waals surface area contributed by atoms with E-state index in [0.717, 1.165) is 11.1 Å². The second-order valence-electron chi connectivity index (χ2n) is 6.25. The van der Waals surface area contributed by atoms with Gasteiger partial charge in [-0.25, -0.2) is 4.99 Å². The van der Waals surface area contributed by atoms with E-state index in [9.17, 15) is 8.76 Å². The molecular weight excluding hydrogens is 424 g/mol. The lowest BCUT2D eigenvalue weighted by molar-refractivity contribution is 0.483. The molecule has 1 atom stereocenters. The number of nitrogens with one attached hydrogen (secondary N) is 1. The lowest BCUT2D eigenvalue weighted by Gasteiger charge is -2.18. The molecule has 0 radical (unpaired) electrons. The number of hydrogen-bond donors (Lipinski definition) is 3. The van der Waals surface area contributed by atoms with Gasteiger partial charge in [-0.15, -0.1) is 0 Å². The molecule has 0 aromatic heterocycles. The number of anilines is 1. The smallest absolute Gasteiger partial charge is 0.193 e. The summed E-state index contributed by atoms with van der Waals surface area (Å²) in [6.45, 7) is 0.729. The van der Waals surface area contributed by atoms with Crippen LogP contribution < -0.4 is 21.5 Å². The second kappa shape index (κ2) is 10.2. The predicted octanol–water partition coefficient (Wildman–Crippen LogP) is 3.76. The van der Waals surface area contributed by atoms with Crippen LogP contribution in [0.5, 0.6) is 11.5 Å². The number of halogens is 1. The summed E-state index contributed by atoms with van der Waals surface area (Å²) >= 11 is 3.63. The van der Waals surface area contributed by atoms with Crippen molar-refractivity contribution in [3.8, 4) is 11.5 Å². The number of rotatable bonds is 7. The Morgan fingerprint density at radius 3 is 2.50 bits per heavy atom. The van der Waals surface area contributed by atoms with E-state index in [1.54, 1.807) is 36.4 Å². The summed E-state index contributed by atoms with van der Waals surface area (Å²) < 4.78 is 29.3. The standard InChI is InChI=1S/C21H21ClN4O3S/c22-16-7-1-2-8-17(16)29-18-9-4-10-19(30(27)28)20(18)26-21(24)25-13-15-6-3-5-14(11-15)12-23/h1-11H,12-13,23H2,(H,27,28)(H3,24,25,26)/p-1. The Bertz CT molecular complexity index is 1090. The largest absolute Gasteiger partial charge is 0.768 e. The minimum Gasteiger partial charge on any atom is -0.768 e. The Morgan fingerprint density at radius 1 is 1.07 bits per heavy atom. The number of para-hydroxylation sites is 2. The Morgan fingerprint density at radius 2 is 1.77 bits per heavy atom. The third-order valence-electron chi connectivity index (χ3n) is 4.14. The number of aliphatic imine (C=N–C) groups is 1. The summed E-state index contributed by atoms with van der Waals surface area (Å²) in [5.74, 6) is 0.660. The van der Waals surface area contributed by atoms with Gasteiger partial charge in [0.05, 0.1) is 22.2 Å². The van der Waals surface area contributed by atoms with E-state index >= 15 is 0 Å². The van der Waals surface area contributed by atoms with Crippen LogP contribution >= 0.6 is 11.6 Å². The van der Waals surface area contributed by atoms with Crippen molar-refractivity contribution in [1.29, 1.82) is 0 Å². The SMILES string of the molecule is NCc1cccc(CN=C(N)Nc2c(Oc3ccccc3Cl)cccc2S(=O)[O-])c1. The summed E-state index contributed by atoms with van der Waals surface area (Å²) in [5, 5.41) is 3.23. The molecule has 0 amide bonds. The molecule has 9 heteroatoms. The van der Waals surface area contributed by atoms with E-state index < -0.39 is 11.1 Å². The van der Waals surface area contributed by atoms with Crippen molar-refractivity contribution in [2.24, 2.45) is 16.5 Å². The molecule has 3 rings (SSSR count). The highest BCUT2D eigenvalue weighted by atomic mass is 35.5. The molecule has 0 spiro atoms. The van der Waals surface area contributed by atoms with Gasteiger partial charge >= 0.3 is 0 Å². The van der Waals surface area contributed by atoms with Gasteiger partial charge in [-0.05, 0) is 46.5 Å². The summed E-state index contributed by atoms with van der Waals surface area (Å²) in [6, 6.07) is 19.1. The highest BCUT2D eigenvalue weighted by Crippen LogP contribution is 2.36. The van der Waals surface area contributed by atoms with Crippen LogP contribution in [0, 0.1) is 0 Å². The molecule has 0 aliphatic rings. The maximum atomic E-state index is 11.7. The minimum absolute atomic E-state index is 0.0113. The molecule has 0 saturated carbocycles. The normalized spacial score (nSPS) is 12.4. The van der Waals surface area contributed by atoms with Gasteiger partial charge in [-0.3, -0.25) is 4.21 Å². The Labute approximate surface area is 182 Å². The Kier molecular flexibility index (Phi) is 7.42. The number of benzene rings is 3. The molecule has 5 N–H and O–H groups in total. The third kappa shape index (κ3) is 5.58. The van der Waals surface area contributed by atoms with E-state index in [-0.39, 0.29) is 22.3 Å². The molecule has 0 bridgehead atoms. The van der Waals surface area contributed by atoms with Crippen molar-refractivity contribution in [3.05, 3.63) is 82.9 Å². The second-order valence-corrected chi connectivity index (χ2v) is 7.56. The zero-order chi connectivity index (χ0) is 21.5. The lowest BCUT2D eigenvalue weighted by Crippen LogP contribution is -2.24. The molecular formula is C21H20ClN4O3S-. The van der Waals surface area contributed by atoms with Crippen LogP contribution in [0.2, 0.25) is 5.02 Å². The number of ether oxygens (including phenoxy) is 1. The van der Waals surface area contributed by atoms with Crippen molar-refractivity contribution >= 4 is 34.3 Å². The van der Waals surface area contributed by atoms with E-state index in [1.807, 2.05) is 24.3 Å². The van der Waals surface area contributed by atoms with Crippen molar-refractivity contribution in [2.45, 2.75) is 18.0 Å². The van der Waals surface area contributed by atoms with Crippen LogP contribution in [0.3, 0.4) is 0 Å². The first kappa shape index (κ1) is 21.8. The van der Waals surface area contributed by atoms with Gasteiger partial charge in [0.2, 0.25) is 0 Å². The van der Waals surface area contributed by atoms with Gasteiger partial charge in [0.1, 0.15) is 5.75 Å². The van der Waals surface area contributed by atoms with Crippen molar-refractivity contribution in [1.82, 2.24) is 0 Å². The lowest BCUT2D eigenvalue weighted by atomic mass is 10.1. The van der Waals surface area contributed by atoms with Gasteiger partial charge in [0.15, 0.2) is 11.7 Å². The van der Waals surface area contributed by atoms with E-state index in [2.05, 4.69) is 10.3 Å². The molecule has 1 unspecified atom stereocenters. The monoisotopic (exact) mass is 443 g/mol. The minimum atomic E-state index is -2.52. The summed E-state index contributed by atoms with van der Waals surface area (Å²) in [4.78, 5) is 4.28. The van der Waals surface area contributed by atoms with Crippen molar-refractivity contribution in [2.75, 3.05) is 5.32 Å². The first-order valence-electron chi connectivity index (χ1n) is 8.97. The number of guanidine groups is 1. The van der Waals surface area contributed by atoms with Crippen LogP contribution in [0.4, 0.5) is 5.69 Å². The summed E-state index contributed by atoms with van der Waals surface area (Å²) in [6.07, 6.45) is 0. The fourth-order valence-corrected chi connectivity index (χ4v) is 3.39. The average Bonchev–Trinajstić information content (AvgIpc) is 2.75. The number of nitrogens with two attached hydrogens (primary N) is 2. The molecule has 0 aliphatic heterocycles. The molecule has 7 nitrogen and oxygen atoms in total. The van der Waals surface area contributed by atoms with Gasteiger partial charge in [-0.1, -0.05) is 54.1 Å². The zero-order valence-corrected chi connectivity index (χ0v) is 17.5. The van der Waals surface area contributed by atoms with Gasteiger partial charge in [0.25, 0.3) is 0 Å². The maximum Gasteiger partial charge on any atom is 0.193 e. The van der Waals surface area contributed by atoms with E-state index in [4.69, 9.17) is 27.8 Å². The van der Waals surface area contributed by atoms with Crippen LogP contribution in [-0.2, 0) is 24.2 Å². The highest BCUT2D eigenvalue weighted by molar-refractivity contribution is 7.79. The topological polar surface area (TPSA) is 126 Å². The summed E-state index contributed by atoms with van der Waals surface area (Å²) in [7, 11) is 0. The maximum absolute atomic E-state index is 11.7. The van der Waals surface area contributed by atoms with Gasteiger partial charge in [-0.2, -0.15) is 0 Å². The highest BCUT2D eigenvalue weighted by Gasteiger charge is 2.13. The van der Waals surface area contributed by atoms with Gasteiger partial charge < -0.3 is 26.1 Å². The Balaban J connectivity index is 1.87. The molecule has 3 aromatic rings. The molecule has 156 valence electrons.